The van der Waals surface area contributed by atoms with Crippen molar-refractivity contribution in [1.29, 1.82) is 0 Å². The highest BCUT2D eigenvalue weighted by Crippen LogP contribution is 2.30. The third kappa shape index (κ3) is 3.46. The number of nitrogens with zero attached hydrogens (tertiary/aromatic N) is 1. The average molecular weight is 299 g/mol. The Morgan fingerprint density at radius 2 is 2.14 bits per heavy atom. The number of carbonyl (C=O) groups excluding carboxylic acids is 2. The van der Waals surface area contributed by atoms with Crippen LogP contribution >= 0.6 is 0 Å². The minimum atomic E-state index is -0.172. The first-order chi connectivity index (χ1) is 10.7. The van der Waals surface area contributed by atoms with E-state index in [4.69, 9.17) is 4.74 Å². The molecule has 0 bridgehead atoms. The van der Waals surface area contributed by atoms with Crippen molar-refractivity contribution in [2.24, 2.45) is 0 Å². The molecular weight excluding hydrogens is 282 g/mol. The Kier molecular flexibility index (Phi) is 4.09. The molecule has 1 aromatic heterocycles. The molecule has 0 saturated heterocycles. The van der Waals surface area contributed by atoms with Crippen molar-refractivity contribution in [2.45, 2.75) is 19.4 Å². The second-order valence-electron chi connectivity index (χ2n) is 5.12. The van der Waals surface area contributed by atoms with E-state index in [0.29, 0.717) is 23.5 Å². The Morgan fingerprint density at radius 1 is 1.32 bits per heavy atom. The second kappa shape index (κ2) is 6.34. The standard InChI is InChI=1S/C16H17N3O3/c20-15(4-3-9-19-7-1-2-8-19)17-12-5-6-13-14(10-12)22-11-16(21)18-13/h1-2,5-8,10H,3-4,9,11H2,(H,17,20)(H,18,21). The maximum atomic E-state index is 11.9. The van der Waals surface area contributed by atoms with Gasteiger partial charge in [-0.1, -0.05) is 0 Å². The molecule has 2 heterocycles. The quantitative estimate of drug-likeness (QED) is 0.889. The van der Waals surface area contributed by atoms with Crippen LogP contribution in [-0.4, -0.2) is 23.0 Å². The highest BCUT2D eigenvalue weighted by atomic mass is 16.5. The van der Waals surface area contributed by atoms with Gasteiger partial charge in [0.15, 0.2) is 6.61 Å². The first kappa shape index (κ1) is 14.2. The van der Waals surface area contributed by atoms with Crippen LogP contribution in [0.25, 0.3) is 0 Å². The number of fused-ring (bicyclic) bond motifs is 1. The van der Waals surface area contributed by atoms with Crippen LogP contribution in [-0.2, 0) is 16.1 Å². The van der Waals surface area contributed by atoms with Gasteiger partial charge in [-0.25, -0.2) is 0 Å². The van der Waals surface area contributed by atoms with E-state index in [1.807, 2.05) is 29.1 Å². The lowest BCUT2D eigenvalue weighted by atomic mass is 10.2. The van der Waals surface area contributed by atoms with Crippen LogP contribution in [0.3, 0.4) is 0 Å². The van der Waals surface area contributed by atoms with E-state index in [2.05, 4.69) is 10.6 Å². The summed E-state index contributed by atoms with van der Waals surface area (Å²) in [5.74, 6) is 0.367. The molecule has 114 valence electrons. The summed E-state index contributed by atoms with van der Waals surface area (Å²) in [4.78, 5) is 23.1. The maximum absolute atomic E-state index is 11.9. The fraction of sp³-hybridized carbons (Fsp3) is 0.250. The van der Waals surface area contributed by atoms with Gasteiger partial charge < -0.3 is 19.9 Å². The Hall–Kier alpha value is -2.76. The smallest absolute Gasteiger partial charge is 0.262 e. The number of nitrogens with one attached hydrogen (secondary N) is 2. The molecule has 0 atom stereocenters. The number of benzene rings is 1. The van der Waals surface area contributed by atoms with E-state index in [1.165, 1.54) is 0 Å². The van der Waals surface area contributed by atoms with E-state index in [9.17, 15) is 9.59 Å². The molecule has 0 saturated carbocycles. The van der Waals surface area contributed by atoms with Gasteiger partial charge in [-0.2, -0.15) is 0 Å². The van der Waals surface area contributed by atoms with Gasteiger partial charge in [0, 0.05) is 37.1 Å². The van der Waals surface area contributed by atoms with Gasteiger partial charge >= 0.3 is 0 Å². The molecular formula is C16H17N3O3. The zero-order valence-electron chi connectivity index (χ0n) is 12.0. The predicted molar refractivity (Wildman–Crippen MR) is 82.9 cm³/mol. The Bertz CT molecular complexity index is 680. The van der Waals surface area contributed by atoms with E-state index < -0.39 is 0 Å². The van der Waals surface area contributed by atoms with Crippen molar-refractivity contribution in [3.63, 3.8) is 0 Å². The second-order valence-corrected chi connectivity index (χ2v) is 5.12. The number of hydrogen-bond donors (Lipinski definition) is 2. The van der Waals surface area contributed by atoms with Gasteiger partial charge in [0.1, 0.15) is 5.75 Å². The normalized spacial score (nSPS) is 13.0. The van der Waals surface area contributed by atoms with E-state index in [-0.39, 0.29) is 18.4 Å². The molecule has 3 rings (SSSR count). The molecule has 2 N–H and O–H groups in total. The van der Waals surface area contributed by atoms with Crippen LogP contribution in [0.5, 0.6) is 5.75 Å². The van der Waals surface area contributed by atoms with Crippen molar-refractivity contribution in [2.75, 3.05) is 17.2 Å². The van der Waals surface area contributed by atoms with E-state index >= 15 is 0 Å². The van der Waals surface area contributed by atoms with Gasteiger partial charge in [-0.15, -0.1) is 0 Å². The number of ether oxygens (including phenoxy) is 1. The zero-order chi connectivity index (χ0) is 15.4. The zero-order valence-corrected chi connectivity index (χ0v) is 12.0. The van der Waals surface area contributed by atoms with Crippen LogP contribution in [0.1, 0.15) is 12.8 Å². The number of hydrogen-bond acceptors (Lipinski definition) is 3. The lowest BCUT2D eigenvalue weighted by Crippen LogP contribution is -2.25. The van der Waals surface area contributed by atoms with Crippen molar-refractivity contribution in [3.8, 4) is 5.75 Å². The summed E-state index contributed by atoms with van der Waals surface area (Å²) in [5, 5.41) is 5.55. The minimum Gasteiger partial charge on any atom is -0.482 e. The molecule has 22 heavy (non-hydrogen) atoms. The van der Waals surface area contributed by atoms with Gasteiger partial charge in [0.25, 0.3) is 5.91 Å². The van der Waals surface area contributed by atoms with Crippen molar-refractivity contribution in [1.82, 2.24) is 4.57 Å². The van der Waals surface area contributed by atoms with Crippen LogP contribution in [0.15, 0.2) is 42.7 Å². The van der Waals surface area contributed by atoms with Gasteiger partial charge in [0.2, 0.25) is 5.91 Å². The van der Waals surface area contributed by atoms with Crippen molar-refractivity contribution in [3.05, 3.63) is 42.7 Å². The van der Waals surface area contributed by atoms with Crippen LogP contribution in [0, 0.1) is 0 Å². The summed E-state index contributed by atoms with van der Waals surface area (Å²) in [5.41, 5.74) is 1.29. The molecule has 0 fully saturated rings. The Labute approximate surface area is 128 Å². The van der Waals surface area contributed by atoms with Crippen LogP contribution in [0.2, 0.25) is 0 Å². The van der Waals surface area contributed by atoms with Gasteiger partial charge in [-0.05, 0) is 30.7 Å². The summed E-state index contributed by atoms with van der Waals surface area (Å²) >= 11 is 0. The molecule has 6 nitrogen and oxygen atoms in total. The van der Waals surface area contributed by atoms with Crippen molar-refractivity contribution < 1.29 is 14.3 Å². The van der Waals surface area contributed by atoms with Gasteiger partial charge in [0.05, 0.1) is 5.69 Å². The average Bonchev–Trinajstić information content (AvgIpc) is 3.01. The fourth-order valence-electron chi connectivity index (χ4n) is 2.32. The first-order valence-electron chi connectivity index (χ1n) is 7.18. The third-order valence-corrected chi connectivity index (χ3v) is 3.38. The van der Waals surface area contributed by atoms with Gasteiger partial charge in [-0.3, -0.25) is 9.59 Å². The number of amides is 2. The third-order valence-electron chi connectivity index (χ3n) is 3.38. The minimum absolute atomic E-state index is 0.00126. The van der Waals surface area contributed by atoms with Crippen molar-refractivity contribution >= 4 is 23.2 Å². The SMILES string of the molecule is O=C(CCCn1cccc1)Nc1ccc2c(c1)OCC(=O)N2. The summed E-state index contributed by atoms with van der Waals surface area (Å²) in [7, 11) is 0. The number of anilines is 2. The molecule has 0 spiro atoms. The number of aromatic nitrogens is 1. The highest BCUT2D eigenvalue weighted by Gasteiger charge is 2.16. The maximum Gasteiger partial charge on any atom is 0.262 e. The molecule has 6 heteroatoms. The van der Waals surface area contributed by atoms with E-state index in [0.717, 1.165) is 13.0 Å². The molecule has 1 aliphatic heterocycles. The molecule has 1 aromatic carbocycles. The molecule has 0 radical (unpaired) electrons. The molecule has 0 aliphatic carbocycles. The van der Waals surface area contributed by atoms with E-state index in [1.54, 1.807) is 18.2 Å². The fourth-order valence-corrected chi connectivity index (χ4v) is 2.32. The highest BCUT2D eigenvalue weighted by molar-refractivity contribution is 5.97. The summed E-state index contributed by atoms with van der Waals surface area (Å²) in [6.45, 7) is 0.820. The molecule has 0 unspecified atom stereocenters. The Morgan fingerprint density at radius 3 is 2.95 bits per heavy atom. The van der Waals surface area contributed by atoms with Crippen LogP contribution < -0.4 is 15.4 Å². The number of carbonyl (C=O) groups is 2. The number of rotatable bonds is 5. The molecule has 2 aromatic rings. The monoisotopic (exact) mass is 299 g/mol. The summed E-state index contributed by atoms with van der Waals surface area (Å²) in [6, 6.07) is 9.12. The summed E-state index contributed by atoms with van der Waals surface area (Å²) in [6.07, 6.45) is 5.19. The molecule has 2 amide bonds. The predicted octanol–water partition coefficient (Wildman–Crippen LogP) is 2.24. The molecule has 1 aliphatic rings. The summed E-state index contributed by atoms with van der Waals surface area (Å²) < 4.78 is 7.37. The van der Waals surface area contributed by atoms with Crippen LogP contribution in [0.4, 0.5) is 11.4 Å². The topological polar surface area (TPSA) is 72.4 Å². The first-order valence-corrected chi connectivity index (χ1v) is 7.18. The lowest BCUT2D eigenvalue weighted by Gasteiger charge is -2.18. The largest absolute Gasteiger partial charge is 0.482 e. The Balaban J connectivity index is 1.52. The lowest BCUT2D eigenvalue weighted by molar-refractivity contribution is -0.118. The number of aryl methyl sites for hydroxylation is 1.